The summed E-state index contributed by atoms with van der Waals surface area (Å²) < 4.78 is 10.4. The summed E-state index contributed by atoms with van der Waals surface area (Å²) in [5, 5.41) is 0.769. The Balaban J connectivity index is 2.13. The third-order valence-electron chi connectivity index (χ3n) is 3.36. The Morgan fingerprint density at radius 1 is 1.09 bits per heavy atom. The number of ether oxygens (including phenoxy) is 1. The molecule has 1 heterocycles. The van der Waals surface area contributed by atoms with Crippen LogP contribution in [0.25, 0.3) is 22.1 Å². The quantitative estimate of drug-likeness (QED) is 0.318. The normalized spacial score (nSPS) is 10.5. The molecule has 4 heteroatoms. The molecule has 0 aliphatic rings. The third kappa shape index (κ3) is 3.06. The molecule has 23 heavy (non-hydrogen) atoms. The monoisotopic (exact) mass is 306 g/mol. The maximum absolute atomic E-state index is 11.8. The van der Waals surface area contributed by atoms with Gasteiger partial charge in [0.05, 0.1) is 0 Å². The van der Waals surface area contributed by atoms with Crippen molar-refractivity contribution in [3.05, 3.63) is 77.2 Å². The van der Waals surface area contributed by atoms with Crippen molar-refractivity contribution in [2.24, 2.45) is 0 Å². The summed E-state index contributed by atoms with van der Waals surface area (Å²) in [5.41, 5.74) is 1.89. The van der Waals surface area contributed by atoms with Crippen LogP contribution in [-0.4, -0.2) is 5.97 Å². The minimum Gasteiger partial charge on any atom is -0.423 e. The van der Waals surface area contributed by atoms with Gasteiger partial charge >= 0.3 is 11.6 Å². The lowest BCUT2D eigenvalue weighted by Crippen LogP contribution is -2.08. The van der Waals surface area contributed by atoms with Gasteiger partial charge in [-0.25, -0.2) is 9.59 Å². The van der Waals surface area contributed by atoms with E-state index in [4.69, 9.17) is 9.15 Å². The molecule has 0 amide bonds. The van der Waals surface area contributed by atoms with Crippen molar-refractivity contribution in [1.82, 2.24) is 0 Å². The van der Waals surface area contributed by atoms with Crippen LogP contribution in [0.2, 0.25) is 0 Å². The van der Waals surface area contributed by atoms with E-state index in [1.807, 2.05) is 30.3 Å². The van der Waals surface area contributed by atoms with Gasteiger partial charge in [0.2, 0.25) is 0 Å². The van der Waals surface area contributed by atoms with E-state index in [1.54, 1.807) is 19.1 Å². The fourth-order valence-electron chi connectivity index (χ4n) is 2.26. The van der Waals surface area contributed by atoms with Crippen molar-refractivity contribution >= 4 is 16.9 Å². The lowest BCUT2D eigenvalue weighted by Gasteiger charge is -2.08. The summed E-state index contributed by atoms with van der Waals surface area (Å²) in [5.74, 6) is -0.218. The molecular weight excluding hydrogens is 292 g/mol. The van der Waals surface area contributed by atoms with Crippen LogP contribution >= 0.6 is 0 Å². The fourth-order valence-corrected chi connectivity index (χ4v) is 2.26. The average Bonchev–Trinajstić information content (AvgIpc) is 2.54. The van der Waals surface area contributed by atoms with Gasteiger partial charge in [-0.15, -0.1) is 0 Å². The van der Waals surface area contributed by atoms with Gasteiger partial charge in [0, 0.05) is 23.1 Å². The largest absolute Gasteiger partial charge is 0.423 e. The van der Waals surface area contributed by atoms with E-state index in [2.05, 4.69) is 6.58 Å². The van der Waals surface area contributed by atoms with Crippen LogP contribution in [0.15, 0.2) is 76.0 Å². The number of benzene rings is 2. The molecule has 114 valence electrons. The molecule has 0 aliphatic heterocycles. The van der Waals surface area contributed by atoms with E-state index in [1.165, 1.54) is 12.1 Å². The van der Waals surface area contributed by atoms with Gasteiger partial charge in [-0.1, -0.05) is 36.9 Å². The van der Waals surface area contributed by atoms with E-state index in [9.17, 15) is 9.59 Å². The molecule has 3 rings (SSSR count). The van der Waals surface area contributed by atoms with E-state index in [0.717, 1.165) is 16.5 Å². The molecule has 0 unspecified atom stereocenters. The Hall–Kier alpha value is -3.14. The first-order chi connectivity index (χ1) is 11.0. The van der Waals surface area contributed by atoms with Crippen LogP contribution < -0.4 is 10.4 Å². The SMILES string of the molecule is C=C(C)C(=O)Oc1ccc2c(-c3ccccc3)cc(=O)oc2c1. The molecule has 2 aromatic carbocycles. The summed E-state index contributed by atoms with van der Waals surface area (Å²) >= 11 is 0. The maximum atomic E-state index is 11.8. The number of rotatable bonds is 3. The number of hydrogen-bond acceptors (Lipinski definition) is 4. The molecule has 0 saturated carbocycles. The summed E-state index contributed by atoms with van der Waals surface area (Å²) in [4.78, 5) is 23.4. The molecule has 0 saturated heterocycles. The van der Waals surface area contributed by atoms with E-state index in [0.29, 0.717) is 16.9 Å². The summed E-state index contributed by atoms with van der Waals surface area (Å²) in [7, 11) is 0. The fraction of sp³-hybridized carbons (Fsp3) is 0.0526. The molecule has 0 atom stereocenters. The van der Waals surface area contributed by atoms with Crippen LogP contribution in [0, 0.1) is 0 Å². The van der Waals surface area contributed by atoms with Crippen molar-refractivity contribution in [1.29, 1.82) is 0 Å². The van der Waals surface area contributed by atoms with Gasteiger partial charge in [-0.05, 0) is 30.2 Å². The van der Waals surface area contributed by atoms with Crippen molar-refractivity contribution < 1.29 is 13.9 Å². The molecule has 0 fully saturated rings. The molecular formula is C19H14O4. The molecule has 0 spiro atoms. The molecule has 1 aromatic heterocycles. The van der Waals surface area contributed by atoms with Crippen LogP contribution in [0.1, 0.15) is 6.92 Å². The molecule has 0 radical (unpaired) electrons. The highest BCUT2D eigenvalue weighted by molar-refractivity contribution is 5.94. The maximum Gasteiger partial charge on any atom is 0.338 e. The van der Waals surface area contributed by atoms with E-state index < -0.39 is 11.6 Å². The van der Waals surface area contributed by atoms with Gasteiger partial charge in [-0.3, -0.25) is 0 Å². The van der Waals surface area contributed by atoms with Gasteiger partial charge in [0.1, 0.15) is 11.3 Å². The standard InChI is InChI=1S/C19H14O4/c1-12(2)19(21)22-14-8-9-15-16(13-6-4-3-5-7-13)11-18(20)23-17(15)10-14/h3-11H,1H2,2H3. The topological polar surface area (TPSA) is 56.5 Å². The lowest BCUT2D eigenvalue weighted by molar-refractivity contribution is -0.130. The second-order valence-electron chi connectivity index (χ2n) is 5.17. The van der Waals surface area contributed by atoms with E-state index >= 15 is 0 Å². The van der Waals surface area contributed by atoms with Gasteiger partial charge in [-0.2, -0.15) is 0 Å². The Morgan fingerprint density at radius 2 is 1.83 bits per heavy atom. The molecule has 0 bridgehead atoms. The zero-order valence-electron chi connectivity index (χ0n) is 12.5. The first kappa shape index (κ1) is 14.8. The Bertz CT molecular complexity index is 952. The minimum absolute atomic E-state index is 0.296. The second-order valence-corrected chi connectivity index (χ2v) is 5.17. The molecule has 0 N–H and O–H groups in total. The zero-order valence-corrected chi connectivity index (χ0v) is 12.5. The lowest BCUT2D eigenvalue weighted by atomic mass is 10.0. The Kier molecular flexibility index (Phi) is 3.81. The predicted molar refractivity (Wildman–Crippen MR) is 88.4 cm³/mol. The molecule has 0 aliphatic carbocycles. The summed E-state index contributed by atoms with van der Waals surface area (Å²) in [6.45, 7) is 5.10. The Labute approximate surface area is 132 Å². The molecule has 4 nitrogen and oxygen atoms in total. The van der Waals surface area contributed by atoms with Gasteiger partial charge in [0.25, 0.3) is 0 Å². The number of esters is 1. The van der Waals surface area contributed by atoms with Crippen LogP contribution in [0.3, 0.4) is 0 Å². The third-order valence-corrected chi connectivity index (χ3v) is 3.36. The number of carbonyl (C=O) groups is 1. The zero-order chi connectivity index (χ0) is 16.4. The van der Waals surface area contributed by atoms with Crippen molar-refractivity contribution in [2.45, 2.75) is 6.92 Å². The minimum atomic E-state index is -0.522. The Morgan fingerprint density at radius 3 is 2.52 bits per heavy atom. The number of carbonyl (C=O) groups excluding carboxylic acids is 1. The van der Waals surface area contributed by atoms with Crippen molar-refractivity contribution in [3.8, 4) is 16.9 Å². The number of hydrogen-bond donors (Lipinski definition) is 0. The first-order valence-electron chi connectivity index (χ1n) is 7.05. The van der Waals surface area contributed by atoms with Crippen LogP contribution in [-0.2, 0) is 4.79 Å². The average molecular weight is 306 g/mol. The number of fused-ring (bicyclic) bond motifs is 1. The van der Waals surface area contributed by atoms with Crippen LogP contribution in [0.5, 0.6) is 5.75 Å². The predicted octanol–water partition coefficient (Wildman–Crippen LogP) is 3.94. The van der Waals surface area contributed by atoms with Crippen molar-refractivity contribution in [2.75, 3.05) is 0 Å². The highest BCUT2D eigenvalue weighted by Gasteiger charge is 2.11. The van der Waals surface area contributed by atoms with Crippen molar-refractivity contribution in [3.63, 3.8) is 0 Å². The first-order valence-corrected chi connectivity index (χ1v) is 7.05. The van der Waals surface area contributed by atoms with Gasteiger partial charge in [0.15, 0.2) is 0 Å². The van der Waals surface area contributed by atoms with Gasteiger partial charge < -0.3 is 9.15 Å². The summed E-state index contributed by atoms with van der Waals surface area (Å²) in [6.07, 6.45) is 0. The second kappa shape index (κ2) is 5.93. The smallest absolute Gasteiger partial charge is 0.338 e. The highest BCUT2D eigenvalue weighted by atomic mass is 16.5. The van der Waals surface area contributed by atoms with Crippen LogP contribution in [0.4, 0.5) is 0 Å². The highest BCUT2D eigenvalue weighted by Crippen LogP contribution is 2.29. The summed E-state index contributed by atoms with van der Waals surface area (Å²) in [6, 6.07) is 16.0. The van der Waals surface area contributed by atoms with E-state index in [-0.39, 0.29) is 0 Å². The molecule has 3 aromatic rings.